The number of aliphatic hydroxyl groups excluding tert-OH is 1. The van der Waals surface area contributed by atoms with E-state index in [1.807, 2.05) is 52.0 Å². The predicted molar refractivity (Wildman–Crippen MR) is 121 cm³/mol. The molecule has 0 spiro atoms. The molecule has 2 amide bonds. The predicted octanol–water partition coefficient (Wildman–Crippen LogP) is 2.88. The highest BCUT2D eigenvalue weighted by Gasteiger charge is 2.57. The molecular formula is C25H28BNO5. The first kappa shape index (κ1) is 21.4. The van der Waals surface area contributed by atoms with Crippen molar-refractivity contribution < 1.29 is 24.0 Å². The van der Waals surface area contributed by atoms with Gasteiger partial charge in [0.1, 0.15) is 0 Å². The Hall–Kier alpha value is -2.48. The topological polar surface area (TPSA) is 76.1 Å². The van der Waals surface area contributed by atoms with E-state index in [1.54, 1.807) is 24.3 Å². The van der Waals surface area contributed by atoms with Gasteiger partial charge in [-0.2, -0.15) is 0 Å². The fraction of sp³-hybridized carbons (Fsp3) is 0.440. The van der Waals surface area contributed by atoms with Crippen molar-refractivity contribution in [2.75, 3.05) is 6.61 Å². The summed E-state index contributed by atoms with van der Waals surface area (Å²) in [4.78, 5) is 27.9. The molecule has 5 rings (SSSR count). The molecule has 0 bridgehead atoms. The number of benzene rings is 2. The van der Waals surface area contributed by atoms with E-state index in [2.05, 4.69) is 0 Å². The molecule has 2 fully saturated rings. The summed E-state index contributed by atoms with van der Waals surface area (Å²) in [5.74, 6) is -0.476. The van der Waals surface area contributed by atoms with Gasteiger partial charge in [0.2, 0.25) is 0 Å². The number of imide groups is 1. The SMILES string of the molecule is CC1(C)OB(c2ccc(C3(N4C(=O)c5ccccc5C4=O)CC(CO)C3)cc2)OC1(C)C. The highest BCUT2D eigenvalue weighted by molar-refractivity contribution is 6.62. The first-order valence-corrected chi connectivity index (χ1v) is 11.1. The van der Waals surface area contributed by atoms with Gasteiger partial charge in [-0.1, -0.05) is 36.4 Å². The van der Waals surface area contributed by atoms with Crippen molar-refractivity contribution in [1.29, 1.82) is 0 Å². The summed E-state index contributed by atoms with van der Waals surface area (Å²) in [5.41, 5.74) is 1.05. The maximum atomic E-state index is 13.2. The molecule has 2 aromatic rings. The van der Waals surface area contributed by atoms with Crippen LogP contribution >= 0.6 is 0 Å². The monoisotopic (exact) mass is 433 g/mol. The third-order valence-electron chi connectivity index (χ3n) is 7.71. The van der Waals surface area contributed by atoms with Crippen molar-refractivity contribution in [2.24, 2.45) is 5.92 Å². The second kappa shape index (κ2) is 7.01. The third-order valence-corrected chi connectivity index (χ3v) is 7.71. The number of fused-ring (bicyclic) bond motifs is 1. The molecule has 1 N–H and O–H groups in total. The Morgan fingerprint density at radius 3 is 1.88 bits per heavy atom. The number of carbonyl (C=O) groups is 2. The lowest BCUT2D eigenvalue weighted by Gasteiger charge is -2.52. The summed E-state index contributed by atoms with van der Waals surface area (Å²) in [6.07, 6.45) is 1.09. The lowest BCUT2D eigenvalue weighted by atomic mass is 9.63. The van der Waals surface area contributed by atoms with Gasteiger partial charge in [-0.15, -0.1) is 0 Å². The number of rotatable bonds is 4. The van der Waals surface area contributed by atoms with Gasteiger partial charge in [0, 0.05) is 6.61 Å². The van der Waals surface area contributed by atoms with Crippen LogP contribution in [0.25, 0.3) is 0 Å². The lowest BCUT2D eigenvalue weighted by Crippen LogP contribution is -2.57. The van der Waals surface area contributed by atoms with Crippen molar-refractivity contribution in [1.82, 2.24) is 4.90 Å². The Labute approximate surface area is 188 Å². The summed E-state index contributed by atoms with van der Waals surface area (Å²) in [5, 5.41) is 9.68. The van der Waals surface area contributed by atoms with E-state index < -0.39 is 23.9 Å². The van der Waals surface area contributed by atoms with Crippen LogP contribution in [-0.2, 0) is 14.8 Å². The zero-order chi connectivity index (χ0) is 22.9. The van der Waals surface area contributed by atoms with Crippen molar-refractivity contribution in [3.05, 3.63) is 65.2 Å². The van der Waals surface area contributed by atoms with Gasteiger partial charge in [-0.05, 0) is 69.6 Å². The van der Waals surface area contributed by atoms with Crippen LogP contribution in [0.2, 0.25) is 0 Å². The molecule has 0 aromatic heterocycles. The highest BCUT2D eigenvalue weighted by Crippen LogP contribution is 2.52. The van der Waals surface area contributed by atoms with E-state index in [1.165, 1.54) is 4.90 Å². The second-order valence-corrected chi connectivity index (χ2v) is 10.2. The average molecular weight is 433 g/mol. The average Bonchev–Trinajstić information content (AvgIpc) is 3.11. The molecule has 32 heavy (non-hydrogen) atoms. The van der Waals surface area contributed by atoms with E-state index in [0.29, 0.717) is 24.0 Å². The zero-order valence-corrected chi connectivity index (χ0v) is 18.9. The molecule has 3 aliphatic rings. The first-order chi connectivity index (χ1) is 15.1. The molecule has 1 saturated carbocycles. The fourth-order valence-corrected chi connectivity index (χ4v) is 5.08. The molecule has 1 saturated heterocycles. The van der Waals surface area contributed by atoms with Crippen molar-refractivity contribution in [2.45, 2.75) is 57.3 Å². The quantitative estimate of drug-likeness (QED) is 0.593. The van der Waals surface area contributed by atoms with Crippen LogP contribution in [0.5, 0.6) is 0 Å². The molecule has 0 unspecified atom stereocenters. The Morgan fingerprint density at radius 1 is 0.906 bits per heavy atom. The van der Waals surface area contributed by atoms with E-state index in [0.717, 1.165) is 11.0 Å². The molecule has 0 radical (unpaired) electrons. The summed E-state index contributed by atoms with van der Waals surface area (Å²) in [6, 6.07) is 14.8. The maximum Gasteiger partial charge on any atom is 0.494 e. The van der Waals surface area contributed by atoms with Crippen LogP contribution in [0, 0.1) is 5.92 Å². The Balaban J connectivity index is 1.48. The van der Waals surface area contributed by atoms with Gasteiger partial charge in [-0.3, -0.25) is 14.5 Å². The van der Waals surface area contributed by atoms with Crippen molar-refractivity contribution in [3.63, 3.8) is 0 Å². The lowest BCUT2D eigenvalue weighted by molar-refractivity contribution is -0.0217. The van der Waals surface area contributed by atoms with E-state index in [-0.39, 0.29) is 24.3 Å². The van der Waals surface area contributed by atoms with Crippen LogP contribution in [0.3, 0.4) is 0 Å². The number of hydrogen-bond acceptors (Lipinski definition) is 5. The number of carbonyl (C=O) groups excluding carboxylic acids is 2. The number of hydrogen-bond donors (Lipinski definition) is 1. The minimum atomic E-state index is -0.755. The van der Waals surface area contributed by atoms with Gasteiger partial charge >= 0.3 is 7.12 Å². The minimum Gasteiger partial charge on any atom is -0.399 e. The second-order valence-electron chi connectivity index (χ2n) is 10.2. The van der Waals surface area contributed by atoms with Gasteiger partial charge in [0.05, 0.1) is 27.9 Å². The van der Waals surface area contributed by atoms with Gasteiger partial charge in [0.15, 0.2) is 0 Å². The molecular weight excluding hydrogens is 405 g/mol. The number of nitrogens with zero attached hydrogens (tertiary/aromatic N) is 1. The standard InChI is InChI=1S/C25H28BNO5/c1-23(2)24(3,4)32-26(31-23)18-11-9-17(10-12-18)25(13-16(14-25)15-28)27-21(29)19-7-5-6-8-20(19)22(27)30/h5-12,16,28H,13-15H2,1-4H3. The Kier molecular flexibility index (Phi) is 4.68. The highest BCUT2D eigenvalue weighted by atomic mass is 16.7. The van der Waals surface area contributed by atoms with E-state index >= 15 is 0 Å². The van der Waals surface area contributed by atoms with Crippen LogP contribution in [0.1, 0.15) is 66.8 Å². The molecule has 1 aliphatic carbocycles. The molecule has 7 heteroatoms. The molecule has 166 valence electrons. The fourth-order valence-electron chi connectivity index (χ4n) is 5.08. The van der Waals surface area contributed by atoms with Crippen molar-refractivity contribution in [3.8, 4) is 0 Å². The molecule has 2 heterocycles. The Bertz CT molecular complexity index is 1040. The maximum absolute atomic E-state index is 13.2. The largest absolute Gasteiger partial charge is 0.494 e. The van der Waals surface area contributed by atoms with Crippen LogP contribution in [0.4, 0.5) is 0 Å². The summed E-state index contributed by atoms with van der Waals surface area (Å²) < 4.78 is 12.3. The van der Waals surface area contributed by atoms with Gasteiger partial charge in [0.25, 0.3) is 11.8 Å². The zero-order valence-electron chi connectivity index (χ0n) is 18.9. The van der Waals surface area contributed by atoms with Crippen molar-refractivity contribution >= 4 is 24.4 Å². The van der Waals surface area contributed by atoms with Crippen LogP contribution in [0.15, 0.2) is 48.5 Å². The molecule has 6 nitrogen and oxygen atoms in total. The summed E-state index contributed by atoms with van der Waals surface area (Å²) in [7, 11) is -0.476. The minimum absolute atomic E-state index is 0.0386. The Morgan fingerprint density at radius 2 is 1.41 bits per heavy atom. The number of aliphatic hydroxyl groups is 1. The van der Waals surface area contributed by atoms with E-state index in [4.69, 9.17) is 9.31 Å². The van der Waals surface area contributed by atoms with Gasteiger partial charge in [-0.25, -0.2) is 0 Å². The number of amides is 2. The first-order valence-electron chi connectivity index (χ1n) is 11.1. The normalized spacial score (nSPS) is 28.1. The summed E-state index contributed by atoms with van der Waals surface area (Å²) in [6.45, 7) is 8.10. The molecule has 2 aromatic carbocycles. The van der Waals surface area contributed by atoms with E-state index in [9.17, 15) is 14.7 Å². The van der Waals surface area contributed by atoms with Gasteiger partial charge < -0.3 is 14.4 Å². The van der Waals surface area contributed by atoms with Crippen LogP contribution < -0.4 is 5.46 Å². The van der Waals surface area contributed by atoms with Crippen LogP contribution in [-0.4, -0.2) is 46.7 Å². The third kappa shape index (κ3) is 2.91. The summed E-state index contributed by atoms with van der Waals surface area (Å²) >= 11 is 0. The molecule has 0 atom stereocenters. The molecule has 2 aliphatic heterocycles. The smallest absolute Gasteiger partial charge is 0.399 e.